The van der Waals surface area contributed by atoms with Crippen LogP contribution in [0.15, 0.2) is 47.6 Å². The molecule has 0 saturated heterocycles. The van der Waals surface area contributed by atoms with Crippen molar-refractivity contribution in [1.82, 2.24) is 0 Å². The van der Waals surface area contributed by atoms with Crippen LogP contribution in [-0.2, 0) is 0 Å². The number of nitrogens with zero attached hydrogens (tertiary/aromatic N) is 1. The third-order valence-electron chi connectivity index (χ3n) is 2.33. The monoisotopic (exact) mass is 309 g/mol. The molecule has 2 aromatic carbocycles. The second-order valence-electron chi connectivity index (χ2n) is 3.86. The van der Waals surface area contributed by atoms with Gasteiger partial charge in [0.05, 0.1) is 11.8 Å². The second kappa shape index (κ2) is 6.41. The van der Waals surface area contributed by atoms with Crippen molar-refractivity contribution in [1.29, 1.82) is 0 Å². The van der Waals surface area contributed by atoms with Crippen molar-refractivity contribution >= 4 is 35.4 Å². The fraction of sp³-hybridized carbons (Fsp3) is 0. The molecule has 0 saturated carbocycles. The Labute approximate surface area is 125 Å². The maximum Gasteiger partial charge on any atom is 0.335 e. The summed E-state index contributed by atoms with van der Waals surface area (Å²) in [7, 11) is 0. The van der Waals surface area contributed by atoms with Crippen LogP contribution >= 0.6 is 23.2 Å². The fourth-order valence-electron chi connectivity index (χ4n) is 1.48. The Bertz CT molecular complexity index is 651. The Kier molecular flexibility index (Phi) is 4.61. The summed E-state index contributed by atoms with van der Waals surface area (Å²) in [6.45, 7) is 0. The highest BCUT2D eigenvalue weighted by atomic mass is 35.5. The fourth-order valence-corrected chi connectivity index (χ4v) is 1.99. The van der Waals surface area contributed by atoms with Crippen molar-refractivity contribution in [3.63, 3.8) is 0 Å². The molecule has 0 fully saturated rings. The van der Waals surface area contributed by atoms with Crippen LogP contribution in [0.2, 0.25) is 10.0 Å². The number of carboxylic acid groups (broad SMARTS) is 1. The first kappa shape index (κ1) is 14.4. The molecule has 0 aromatic heterocycles. The molecule has 0 spiro atoms. The van der Waals surface area contributed by atoms with Gasteiger partial charge < -0.3 is 9.94 Å². The average Bonchev–Trinajstić information content (AvgIpc) is 2.38. The molecule has 0 bridgehead atoms. The van der Waals surface area contributed by atoms with Gasteiger partial charge in [-0.15, -0.1) is 0 Å². The zero-order valence-electron chi connectivity index (χ0n) is 10.1. The summed E-state index contributed by atoms with van der Waals surface area (Å²) in [6.07, 6.45) is 1.40. The van der Waals surface area contributed by atoms with E-state index in [4.69, 9.17) is 33.1 Å². The van der Waals surface area contributed by atoms with E-state index in [1.54, 1.807) is 30.3 Å². The molecule has 0 amide bonds. The molecule has 1 N–H and O–H groups in total. The van der Waals surface area contributed by atoms with E-state index in [9.17, 15) is 4.79 Å². The van der Waals surface area contributed by atoms with Gasteiger partial charge in [-0.25, -0.2) is 4.79 Å². The molecule has 0 unspecified atom stereocenters. The molecule has 20 heavy (non-hydrogen) atoms. The summed E-state index contributed by atoms with van der Waals surface area (Å²) in [4.78, 5) is 15.9. The minimum absolute atomic E-state index is 0.180. The molecule has 0 atom stereocenters. The number of carboxylic acids is 1. The smallest absolute Gasteiger partial charge is 0.335 e. The van der Waals surface area contributed by atoms with E-state index in [2.05, 4.69) is 5.16 Å². The number of hydrogen-bond acceptors (Lipinski definition) is 3. The maximum atomic E-state index is 10.8. The van der Waals surface area contributed by atoms with E-state index in [0.717, 1.165) is 0 Å². The van der Waals surface area contributed by atoms with Gasteiger partial charge in [0.1, 0.15) is 0 Å². The van der Waals surface area contributed by atoms with Crippen molar-refractivity contribution in [3.8, 4) is 5.75 Å². The summed E-state index contributed by atoms with van der Waals surface area (Å²) in [5.41, 5.74) is 0.790. The highest BCUT2D eigenvalue weighted by Crippen LogP contribution is 2.24. The molecule has 0 heterocycles. The summed E-state index contributed by atoms with van der Waals surface area (Å²) >= 11 is 11.6. The first-order chi connectivity index (χ1) is 9.54. The summed E-state index contributed by atoms with van der Waals surface area (Å²) < 4.78 is 0. The third kappa shape index (κ3) is 3.98. The highest BCUT2D eigenvalue weighted by Gasteiger charge is 2.02. The molecule has 0 aliphatic rings. The molecule has 0 aliphatic carbocycles. The average molecular weight is 310 g/mol. The van der Waals surface area contributed by atoms with Crippen LogP contribution in [0.25, 0.3) is 0 Å². The summed E-state index contributed by atoms with van der Waals surface area (Å²) in [5, 5.41) is 13.5. The zero-order valence-corrected chi connectivity index (χ0v) is 11.6. The zero-order chi connectivity index (χ0) is 14.5. The lowest BCUT2D eigenvalue weighted by atomic mass is 10.1. The standard InChI is InChI=1S/C14H9Cl2NO3/c15-11-5-12(16)7-13(6-11)20-17-8-9-2-1-3-10(4-9)14(18)19/h1-8H,(H,18,19)/b17-8+. The molecular weight excluding hydrogens is 301 g/mol. The first-order valence-corrected chi connectivity index (χ1v) is 6.30. The number of carbonyl (C=O) groups is 1. The Morgan fingerprint density at radius 2 is 1.85 bits per heavy atom. The van der Waals surface area contributed by atoms with Crippen molar-refractivity contribution < 1.29 is 14.7 Å². The molecule has 2 aromatic rings. The van der Waals surface area contributed by atoms with Crippen molar-refractivity contribution in [2.24, 2.45) is 5.16 Å². The van der Waals surface area contributed by atoms with Crippen LogP contribution in [-0.4, -0.2) is 17.3 Å². The lowest BCUT2D eigenvalue weighted by molar-refractivity contribution is 0.0697. The predicted octanol–water partition coefficient (Wildman–Crippen LogP) is 4.10. The Morgan fingerprint density at radius 1 is 1.15 bits per heavy atom. The predicted molar refractivity (Wildman–Crippen MR) is 78.1 cm³/mol. The van der Waals surface area contributed by atoms with E-state index in [-0.39, 0.29) is 5.56 Å². The minimum atomic E-state index is -0.997. The van der Waals surface area contributed by atoms with Crippen LogP contribution in [0.1, 0.15) is 15.9 Å². The van der Waals surface area contributed by atoms with Crippen LogP contribution in [0.4, 0.5) is 0 Å². The normalized spacial score (nSPS) is 10.7. The molecule has 102 valence electrons. The minimum Gasteiger partial charge on any atom is -0.478 e. The quantitative estimate of drug-likeness (QED) is 0.683. The topological polar surface area (TPSA) is 58.9 Å². The Hall–Kier alpha value is -2.04. The third-order valence-corrected chi connectivity index (χ3v) is 2.77. The van der Waals surface area contributed by atoms with Gasteiger partial charge in [-0.2, -0.15) is 0 Å². The number of halogens is 2. The van der Waals surface area contributed by atoms with Gasteiger partial charge in [0.25, 0.3) is 0 Å². The van der Waals surface area contributed by atoms with E-state index in [1.807, 2.05) is 0 Å². The van der Waals surface area contributed by atoms with Crippen LogP contribution in [0, 0.1) is 0 Å². The molecule has 0 radical (unpaired) electrons. The Balaban J connectivity index is 2.10. The van der Waals surface area contributed by atoms with Gasteiger partial charge >= 0.3 is 5.97 Å². The van der Waals surface area contributed by atoms with Crippen LogP contribution in [0.3, 0.4) is 0 Å². The first-order valence-electron chi connectivity index (χ1n) is 5.54. The van der Waals surface area contributed by atoms with Gasteiger partial charge in [-0.1, -0.05) is 40.5 Å². The van der Waals surface area contributed by atoms with E-state index in [1.165, 1.54) is 18.3 Å². The number of hydrogen-bond donors (Lipinski definition) is 1. The maximum absolute atomic E-state index is 10.8. The van der Waals surface area contributed by atoms with Gasteiger partial charge in [-0.05, 0) is 23.8 Å². The van der Waals surface area contributed by atoms with Gasteiger partial charge in [0, 0.05) is 22.2 Å². The van der Waals surface area contributed by atoms with Crippen LogP contribution < -0.4 is 4.84 Å². The molecular formula is C14H9Cl2NO3. The Morgan fingerprint density at radius 3 is 2.50 bits per heavy atom. The van der Waals surface area contributed by atoms with Crippen molar-refractivity contribution in [2.45, 2.75) is 0 Å². The summed E-state index contributed by atoms with van der Waals surface area (Å²) in [6, 6.07) is 11.0. The lowest BCUT2D eigenvalue weighted by Gasteiger charge is -2.00. The molecule has 4 nitrogen and oxygen atoms in total. The lowest BCUT2D eigenvalue weighted by Crippen LogP contribution is -1.97. The largest absolute Gasteiger partial charge is 0.478 e. The van der Waals surface area contributed by atoms with Crippen molar-refractivity contribution in [2.75, 3.05) is 0 Å². The van der Waals surface area contributed by atoms with E-state index >= 15 is 0 Å². The summed E-state index contributed by atoms with van der Waals surface area (Å²) in [5.74, 6) is -0.601. The number of benzene rings is 2. The molecule has 0 aliphatic heterocycles. The van der Waals surface area contributed by atoms with E-state index in [0.29, 0.717) is 21.4 Å². The van der Waals surface area contributed by atoms with Crippen LogP contribution in [0.5, 0.6) is 5.75 Å². The number of rotatable bonds is 4. The second-order valence-corrected chi connectivity index (χ2v) is 4.73. The van der Waals surface area contributed by atoms with E-state index < -0.39 is 5.97 Å². The van der Waals surface area contributed by atoms with Gasteiger partial charge in [0.15, 0.2) is 5.75 Å². The number of aromatic carboxylic acids is 1. The highest BCUT2D eigenvalue weighted by molar-refractivity contribution is 6.34. The van der Waals surface area contributed by atoms with Gasteiger partial charge in [0.2, 0.25) is 0 Å². The van der Waals surface area contributed by atoms with Gasteiger partial charge in [-0.3, -0.25) is 0 Å². The number of oxime groups is 1. The molecule has 6 heteroatoms. The molecule has 2 rings (SSSR count). The van der Waals surface area contributed by atoms with Crippen molar-refractivity contribution in [3.05, 3.63) is 63.6 Å². The SMILES string of the molecule is O=C(O)c1cccc(/C=N/Oc2cc(Cl)cc(Cl)c2)c1.